The van der Waals surface area contributed by atoms with Crippen LogP contribution in [0.3, 0.4) is 0 Å². The molecule has 2 amide bonds. The molecule has 2 rings (SSSR count). The summed E-state index contributed by atoms with van der Waals surface area (Å²) in [6.45, 7) is 5.97. The molecule has 1 aliphatic rings. The first-order valence-electron chi connectivity index (χ1n) is 8.34. The van der Waals surface area contributed by atoms with E-state index in [4.69, 9.17) is 5.73 Å². The van der Waals surface area contributed by atoms with Gasteiger partial charge in [-0.05, 0) is 30.4 Å². The molecule has 1 heterocycles. The van der Waals surface area contributed by atoms with Crippen molar-refractivity contribution >= 4 is 11.8 Å². The van der Waals surface area contributed by atoms with Gasteiger partial charge in [0, 0.05) is 19.5 Å². The van der Waals surface area contributed by atoms with E-state index in [0.717, 1.165) is 12.0 Å². The summed E-state index contributed by atoms with van der Waals surface area (Å²) in [7, 11) is 0. The molecule has 0 spiro atoms. The highest BCUT2D eigenvalue weighted by molar-refractivity contribution is 5.89. The fraction of sp³-hybridized carbons (Fsp3) is 0.556. The van der Waals surface area contributed by atoms with Crippen molar-refractivity contribution in [2.75, 3.05) is 19.6 Å². The lowest BCUT2D eigenvalue weighted by atomic mass is 10.0. The monoisotopic (exact) mass is 317 g/mol. The molecule has 1 aliphatic heterocycles. The second-order valence-electron chi connectivity index (χ2n) is 6.68. The minimum Gasteiger partial charge on any atom is -0.341 e. The number of rotatable bonds is 6. The van der Waals surface area contributed by atoms with E-state index in [9.17, 15) is 9.59 Å². The number of carbonyl (C=O) groups excluding carboxylic acids is 2. The quantitative estimate of drug-likeness (QED) is 0.838. The minimum atomic E-state index is -0.612. The van der Waals surface area contributed by atoms with Crippen LogP contribution >= 0.6 is 0 Å². The van der Waals surface area contributed by atoms with E-state index in [1.54, 1.807) is 0 Å². The highest BCUT2D eigenvalue weighted by atomic mass is 16.2. The lowest BCUT2D eigenvalue weighted by Crippen LogP contribution is -2.42. The second kappa shape index (κ2) is 8.11. The minimum absolute atomic E-state index is 0.0377. The van der Waals surface area contributed by atoms with Crippen molar-refractivity contribution in [1.82, 2.24) is 10.2 Å². The van der Waals surface area contributed by atoms with Crippen LogP contribution < -0.4 is 11.1 Å². The Labute approximate surface area is 138 Å². The van der Waals surface area contributed by atoms with Gasteiger partial charge in [-0.15, -0.1) is 0 Å². The van der Waals surface area contributed by atoms with Crippen LogP contribution in [0.4, 0.5) is 0 Å². The van der Waals surface area contributed by atoms with Gasteiger partial charge in [-0.2, -0.15) is 0 Å². The zero-order valence-electron chi connectivity index (χ0n) is 14.0. The average Bonchev–Trinajstić information content (AvgIpc) is 3.01. The van der Waals surface area contributed by atoms with E-state index in [1.807, 2.05) is 49.1 Å². The molecule has 126 valence electrons. The van der Waals surface area contributed by atoms with Crippen molar-refractivity contribution in [2.24, 2.45) is 17.6 Å². The summed E-state index contributed by atoms with van der Waals surface area (Å²) in [5, 5.41) is 2.91. The molecular weight excluding hydrogens is 290 g/mol. The van der Waals surface area contributed by atoms with Crippen LogP contribution in [0.1, 0.15) is 38.3 Å². The van der Waals surface area contributed by atoms with Gasteiger partial charge in [-0.25, -0.2) is 0 Å². The third-order valence-electron chi connectivity index (χ3n) is 4.21. The first-order chi connectivity index (χ1) is 11.0. The molecule has 0 saturated carbocycles. The summed E-state index contributed by atoms with van der Waals surface area (Å²) in [6.07, 6.45) is 1.35. The van der Waals surface area contributed by atoms with Crippen LogP contribution in [0.15, 0.2) is 30.3 Å². The maximum absolute atomic E-state index is 12.9. The van der Waals surface area contributed by atoms with E-state index in [0.29, 0.717) is 32.0 Å². The molecule has 0 bridgehead atoms. The Balaban J connectivity index is 2.13. The molecule has 3 N–H and O–H groups in total. The molecule has 0 aliphatic carbocycles. The molecule has 1 aromatic rings. The number of nitrogens with zero attached hydrogens (tertiary/aromatic N) is 1. The third-order valence-corrected chi connectivity index (χ3v) is 4.21. The van der Waals surface area contributed by atoms with Crippen LogP contribution in [0.25, 0.3) is 0 Å². The van der Waals surface area contributed by atoms with Gasteiger partial charge in [-0.3, -0.25) is 9.59 Å². The smallest absolute Gasteiger partial charge is 0.249 e. The Morgan fingerprint density at radius 3 is 2.57 bits per heavy atom. The normalized spacial score (nSPS) is 19.0. The fourth-order valence-corrected chi connectivity index (χ4v) is 2.93. The molecule has 5 heteroatoms. The second-order valence-corrected chi connectivity index (χ2v) is 6.68. The summed E-state index contributed by atoms with van der Waals surface area (Å²) >= 11 is 0. The Bertz CT molecular complexity index is 530. The SMILES string of the molecule is CC(C)CC(=O)NC(C(=O)N1CCC(CN)C1)c1ccccc1. The van der Waals surface area contributed by atoms with E-state index in [1.165, 1.54) is 0 Å². The fourth-order valence-electron chi connectivity index (χ4n) is 2.93. The van der Waals surface area contributed by atoms with Gasteiger partial charge < -0.3 is 16.0 Å². The summed E-state index contributed by atoms with van der Waals surface area (Å²) < 4.78 is 0. The van der Waals surface area contributed by atoms with Gasteiger partial charge in [-0.1, -0.05) is 44.2 Å². The van der Waals surface area contributed by atoms with E-state index in [2.05, 4.69) is 5.32 Å². The van der Waals surface area contributed by atoms with E-state index >= 15 is 0 Å². The number of hydrogen-bond donors (Lipinski definition) is 2. The van der Waals surface area contributed by atoms with Crippen LogP contribution in [0.2, 0.25) is 0 Å². The highest BCUT2D eigenvalue weighted by Gasteiger charge is 2.32. The molecule has 23 heavy (non-hydrogen) atoms. The summed E-state index contributed by atoms with van der Waals surface area (Å²) in [6, 6.07) is 8.83. The van der Waals surface area contributed by atoms with Crippen molar-refractivity contribution in [3.63, 3.8) is 0 Å². The van der Waals surface area contributed by atoms with Crippen LogP contribution in [0.5, 0.6) is 0 Å². The van der Waals surface area contributed by atoms with Gasteiger partial charge in [0.1, 0.15) is 6.04 Å². The first kappa shape index (κ1) is 17.5. The number of likely N-dealkylation sites (tertiary alicyclic amines) is 1. The Morgan fingerprint density at radius 1 is 1.30 bits per heavy atom. The van der Waals surface area contributed by atoms with Crippen LogP contribution in [0, 0.1) is 11.8 Å². The zero-order chi connectivity index (χ0) is 16.8. The van der Waals surface area contributed by atoms with Gasteiger partial charge in [0.05, 0.1) is 0 Å². The number of amides is 2. The molecule has 2 unspecified atom stereocenters. The highest BCUT2D eigenvalue weighted by Crippen LogP contribution is 2.22. The van der Waals surface area contributed by atoms with Gasteiger partial charge in [0.25, 0.3) is 0 Å². The van der Waals surface area contributed by atoms with E-state index < -0.39 is 6.04 Å². The molecule has 2 atom stereocenters. The molecule has 1 saturated heterocycles. The maximum atomic E-state index is 12.9. The zero-order valence-corrected chi connectivity index (χ0v) is 14.0. The topological polar surface area (TPSA) is 75.4 Å². The molecule has 1 fully saturated rings. The summed E-state index contributed by atoms with van der Waals surface area (Å²) in [5.74, 6) is 0.498. The Morgan fingerprint density at radius 2 is 2.00 bits per heavy atom. The summed E-state index contributed by atoms with van der Waals surface area (Å²) in [4.78, 5) is 26.9. The average molecular weight is 317 g/mol. The lowest BCUT2D eigenvalue weighted by Gasteiger charge is -2.25. The maximum Gasteiger partial charge on any atom is 0.249 e. The van der Waals surface area contributed by atoms with Crippen molar-refractivity contribution in [1.29, 1.82) is 0 Å². The number of carbonyl (C=O) groups is 2. The Hall–Kier alpha value is -1.88. The molecule has 5 nitrogen and oxygen atoms in total. The van der Waals surface area contributed by atoms with Crippen LogP contribution in [-0.4, -0.2) is 36.3 Å². The summed E-state index contributed by atoms with van der Waals surface area (Å²) in [5.41, 5.74) is 6.54. The number of hydrogen-bond acceptors (Lipinski definition) is 3. The largest absolute Gasteiger partial charge is 0.341 e. The predicted octanol–water partition coefficient (Wildman–Crippen LogP) is 1.70. The molecular formula is C18H27N3O2. The standard InChI is InChI=1S/C18H27N3O2/c1-13(2)10-16(22)20-17(15-6-4-3-5-7-15)18(23)21-9-8-14(11-19)12-21/h3-7,13-14,17H,8-12,19H2,1-2H3,(H,20,22). The van der Waals surface area contributed by atoms with E-state index in [-0.39, 0.29) is 17.7 Å². The number of benzene rings is 1. The third kappa shape index (κ3) is 4.79. The predicted molar refractivity (Wildman–Crippen MR) is 90.5 cm³/mol. The van der Waals surface area contributed by atoms with Crippen molar-refractivity contribution in [3.8, 4) is 0 Å². The van der Waals surface area contributed by atoms with Crippen LogP contribution in [-0.2, 0) is 9.59 Å². The number of nitrogens with one attached hydrogen (secondary N) is 1. The Kier molecular flexibility index (Phi) is 6.16. The lowest BCUT2D eigenvalue weighted by molar-refractivity contribution is -0.136. The first-order valence-corrected chi connectivity index (χ1v) is 8.34. The van der Waals surface area contributed by atoms with Crippen molar-refractivity contribution < 1.29 is 9.59 Å². The van der Waals surface area contributed by atoms with Gasteiger partial charge in [0.2, 0.25) is 11.8 Å². The van der Waals surface area contributed by atoms with Crippen molar-refractivity contribution in [2.45, 2.75) is 32.7 Å². The van der Waals surface area contributed by atoms with Gasteiger partial charge >= 0.3 is 0 Å². The molecule has 1 aromatic carbocycles. The van der Waals surface area contributed by atoms with Gasteiger partial charge in [0.15, 0.2) is 0 Å². The van der Waals surface area contributed by atoms with Crippen molar-refractivity contribution in [3.05, 3.63) is 35.9 Å². The number of nitrogens with two attached hydrogens (primary N) is 1. The molecule has 0 aromatic heterocycles. The molecule has 0 radical (unpaired) electrons.